The van der Waals surface area contributed by atoms with Crippen LogP contribution in [0.4, 0.5) is 0 Å². The first-order chi connectivity index (χ1) is 12.1. The van der Waals surface area contributed by atoms with E-state index in [-0.39, 0.29) is 12.0 Å². The van der Waals surface area contributed by atoms with E-state index in [0.29, 0.717) is 12.3 Å². The Hall–Kier alpha value is -1.73. The summed E-state index contributed by atoms with van der Waals surface area (Å²) in [6.45, 7) is 0. The summed E-state index contributed by atoms with van der Waals surface area (Å²) in [5.41, 5.74) is 6.40. The zero-order chi connectivity index (χ0) is 17.4. The fourth-order valence-electron chi connectivity index (χ4n) is 4.09. The van der Waals surface area contributed by atoms with Gasteiger partial charge in [-0.25, -0.2) is 9.97 Å². The highest BCUT2D eigenvalue weighted by Gasteiger charge is 2.33. The molecule has 0 spiro atoms. The lowest BCUT2D eigenvalue weighted by Crippen LogP contribution is -2.29. The molecule has 2 atom stereocenters. The minimum atomic E-state index is -1.11. The molecule has 1 fully saturated rings. The van der Waals surface area contributed by atoms with Crippen LogP contribution < -0.4 is 10.5 Å². The van der Waals surface area contributed by atoms with E-state index in [4.69, 9.17) is 10.5 Å². The second-order valence-corrected chi connectivity index (χ2v) is 8.15. The van der Waals surface area contributed by atoms with Gasteiger partial charge in [-0.15, -0.1) is 11.3 Å². The van der Waals surface area contributed by atoms with E-state index < -0.39 is 12.0 Å². The van der Waals surface area contributed by atoms with Crippen molar-refractivity contribution in [1.82, 2.24) is 9.97 Å². The number of aryl methyl sites for hydroxylation is 1. The molecule has 25 heavy (non-hydrogen) atoms. The molecule has 134 valence electrons. The van der Waals surface area contributed by atoms with E-state index in [2.05, 4.69) is 9.97 Å². The summed E-state index contributed by atoms with van der Waals surface area (Å²) < 4.78 is 6.25. The maximum atomic E-state index is 11.3. The molecule has 1 amide bonds. The first-order valence-corrected chi connectivity index (χ1v) is 9.85. The predicted molar refractivity (Wildman–Crippen MR) is 95.8 cm³/mol. The van der Waals surface area contributed by atoms with E-state index in [1.54, 1.807) is 17.7 Å². The minimum absolute atomic E-state index is 0.103. The van der Waals surface area contributed by atoms with Gasteiger partial charge in [0.1, 0.15) is 23.4 Å². The highest BCUT2D eigenvalue weighted by atomic mass is 32.1. The summed E-state index contributed by atoms with van der Waals surface area (Å²) in [6, 6.07) is 0. The second-order valence-electron chi connectivity index (χ2n) is 7.07. The molecule has 0 aliphatic heterocycles. The largest absolute Gasteiger partial charge is 0.474 e. The van der Waals surface area contributed by atoms with Crippen LogP contribution >= 0.6 is 11.3 Å². The normalized spacial score (nSPS) is 22.0. The summed E-state index contributed by atoms with van der Waals surface area (Å²) in [7, 11) is 0. The number of aromatic nitrogens is 2. The fraction of sp³-hybridized carbons (Fsp3) is 0.611. The summed E-state index contributed by atoms with van der Waals surface area (Å²) in [4.78, 5) is 22.3. The van der Waals surface area contributed by atoms with Crippen LogP contribution in [-0.4, -0.2) is 33.2 Å². The summed E-state index contributed by atoms with van der Waals surface area (Å²) in [6.07, 6.45) is 8.71. The van der Waals surface area contributed by atoms with E-state index in [0.717, 1.165) is 41.5 Å². The van der Waals surface area contributed by atoms with Crippen LogP contribution in [0, 0.1) is 0 Å². The standard InChI is InChI=1S/C18H23N3O3S/c19-16(23)12(22)8-10-6-7-13-14(10)15-17(20-9-21-18(15)25-13)24-11-4-2-1-3-5-11/h9-12,22H,1-8H2,(H2,19,23)/t10-,12+/m1/s1. The number of amides is 1. The van der Waals surface area contributed by atoms with E-state index >= 15 is 0 Å². The number of carbonyl (C=O) groups is 1. The number of carbonyl (C=O) groups excluding carboxylic acids is 1. The average Bonchev–Trinajstić information content (AvgIpc) is 3.16. The van der Waals surface area contributed by atoms with E-state index in [9.17, 15) is 9.90 Å². The van der Waals surface area contributed by atoms with Gasteiger partial charge in [0.25, 0.3) is 0 Å². The molecule has 0 radical (unpaired) electrons. The van der Waals surface area contributed by atoms with Crippen molar-refractivity contribution in [2.45, 2.75) is 69.5 Å². The van der Waals surface area contributed by atoms with Gasteiger partial charge in [-0.3, -0.25) is 4.79 Å². The molecule has 0 saturated heterocycles. The Morgan fingerprint density at radius 1 is 1.32 bits per heavy atom. The summed E-state index contributed by atoms with van der Waals surface area (Å²) in [5, 5.41) is 10.9. The highest BCUT2D eigenvalue weighted by molar-refractivity contribution is 7.19. The predicted octanol–water partition coefficient (Wildman–Crippen LogP) is 2.67. The van der Waals surface area contributed by atoms with Crippen LogP contribution in [0.5, 0.6) is 5.88 Å². The molecule has 0 bridgehead atoms. The summed E-state index contributed by atoms with van der Waals surface area (Å²) >= 11 is 1.67. The first kappa shape index (κ1) is 16.7. The number of hydrogen-bond acceptors (Lipinski definition) is 6. The van der Waals surface area contributed by atoms with Gasteiger partial charge >= 0.3 is 0 Å². The molecule has 2 aliphatic rings. The lowest BCUT2D eigenvalue weighted by Gasteiger charge is -2.23. The van der Waals surface area contributed by atoms with Crippen LogP contribution in [0.3, 0.4) is 0 Å². The SMILES string of the molecule is NC(=O)[C@@H](O)C[C@H]1CCc2sc3ncnc(OC4CCCCC4)c3c21. The maximum Gasteiger partial charge on any atom is 0.246 e. The number of rotatable bonds is 5. The Balaban J connectivity index is 1.67. The monoisotopic (exact) mass is 361 g/mol. The van der Waals surface area contributed by atoms with Crippen molar-refractivity contribution in [3.63, 3.8) is 0 Å². The molecule has 3 N–H and O–H groups in total. The Bertz CT molecular complexity index is 785. The lowest BCUT2D eigenvalue weighted by molar-refractivity contribution is -0.126. The van der Waals surface area contributed by atoms with Crippen LogP contribution in [-0.2, 0) is 11.2 Å². The fourth-order valence-corrected chi connectivity index (χ4v) is 5.32. The topological polar surface area (TPSA) is 98.3 Å². The van der Waals surface area contributed by atoms with Crippen molar-refractivity contribution in [3.8, 4) is 5.88 Å². The number of aliphatic hydroxyl groups is 1. The van der Waals surface area contributed by atoms with Gasteiger partial charge in [0, 0.05) is 4.88 Å². The van der Waals surface area contributed by atoms with Gasteiger partial charge in [-0.2, -0.15) is 0 Å². The van der Waals surface area contributed by atoms with Crippen LogP contribution in [0.1, 0.15) is 61.3 Å². The molecule has 7 heteroatoms. The van der Waals surface area contributed by atoms with Crippen molar-refractivity contribution in [1.29, 1.82) is 0 Å². The van der Waals surface area contributed by atoms with Gasteiger partial charge in [-0.1, -0.05) is 6.42 Å². The first-order valence-electron chi connectivity index (χ1n) is 9.03. The smallest absolute Gasteiger partial charge is 0.246 e. The molecule has 1 saturated carbocycles. The number of hydrogen-bond donors (Lipinski definition) is 2. The van der Waals surface area contributed by atoms with E-state index in [1.165, 1.54) is 24.1 Å². The molecule has 4 rings (SSSR count). The molecule has 6 nitrogen and oxygen atoms in total. The number of ether oxygens (including phenoxy) is 1. The lowest BCUT2D eigenvalue weighted by atomic mass is 9.94. The number of aliphatic hydroxyl groups excluding tert-OH is 1. The summed E-state index contributed by atoms with van der Waals surface area (Å²) in [5.74, 6) is 0.101. The number of nitrogens with zero attached hydrogens (tertiary/aromatic N) is 2. The maximum absolute atomic E-state index is 11.3. The third-order valence-corrected chi connectivity index (χ3v) is 6.54. The van der Waals surface area contributed by atoms with E-state index in [1.807, 2.05) is 0 Å². The molecule has 2 aromatic rings. The number of fused-ring (bicyclic) bond motifs is 3. The number of thiophene rings is 1. The molecular weight excluding hydrogens is 338 g/mol. The third-order valence-electron chi connectivity index (χ3n) is 5.36. The van der Waals surface area contributed by atoms with Crippen molar-refractivity contribution in [2.75, 3.05) is 0 Å². The van der Waals surface area contributed by atoms with Gasteiger partial charge in [-0.05, 0) is 56.4 Å². The Kier molecular flexibility index (Phi) is 4.60. The van der Waals surface area contributed by atoms with Gasteiger partial charge < -0.3 is 15.6 Å². The van der Waals surface area contributed by atoms with Crippen LogP contribution in [0.25, 0.3) is 10.2 Å². The molecule has 0 unspecified atom stereocenters. The zero-order valence-corrected chi connectivity index (χ0v) is 14.9. The second kappa shape index (κ2) is 6.88. The van der Waals surface area contributed by atoms with Gasteiger partial charge in [0.2, 0.25) is 11.8 Å². The Labute approximate surface area is 150 Å². The van der Waals surface area contributed by atoms with Crippen LogP contribution in [0.2, 0.25) is 0 Å². The number of nitrogens with two attached hydrogens (primary N) is 1. The molecular formula is C18H23N3O3S. The molecule has 0 aromatic carbocycles. The van der Waals surface area contributed by atoms with Gasteiger partial charge in [0.15, 0.2) is 0 Å². The van der Waals surface area contributed by atoms with Crippen molar-refractivity contribution in [3.05, 3.63) is 16.8 Å². The number of primary amides is 1. The highest BCUT2D eigenvalue weighted by Crippen LogP contribution is 2.47. The Morgan fingerprint density at radius 2 is 2.12 bits per heavy atom. The van der Waals surface area contributed by atoms with Crippen molar-refractivity contribution >= 4 is 27.5 Å². The van der Waals surface area contributed by atoms with Crippen molar-refractivity contribution < 1.29 is 14.6 Å². The van der Waals surface area contributed by atoms with Crippen LogP contribution in [0.15, 0.2) is 6.33 Å². The molecule has 2 aliphatic carbocycles. The van der Waals surface area contributed by atoms with Gasteiger partial charge in [0.05, 0.1) is 5.39 Å². The Morgan fingerprint density at radius 3 is 2.88 bits per heavy atom. The molecule has 2 aromatic heterocycles. The third kappa shape index (κ3) is 3.22. The quantitative estimate of drug-likeness (QED) is 0.853. The average molecular weight is 361 g/mol. The minimum Gasteiger partial charge on any atom is -0.474 e. The zero-order valence-electron chi connectivity index (χ0n) is 14.1. The molecule has 2 heterocycles. The van der Waals surface area contributed by atoms with Crippen molar-refractivity contribution in [2.24, 2.45) is 5.73 Å².